The number of hydrogen-bond donors (Lipinski definition) is 0. The molecule has 3 nitrogen and oxygen atoms in total. The first-order valence-corrected chi connectivity index (χ1v) is 6.79. The third-order valence-corrected chi connectivity index (χ3v) is 4.03. The van der Waals surface area contributed by atoms with Crippen molar-refractivity contribution in [1.82, 2.24) is 4.98 Å². The van der Waals surface area contributed by atoms with Gasteiger partial charge in [0, 0.05) is 18.0 Å². The molecule has 0 fully saturated rings. The van der Waals surface area contributed by atoms with Crippen molar-refractivity contribution < 1.29 is 4.21 Å². The highest BCUT2D eigenvalue weighted by atomic mass is 79.9. The molecule has 1 rings (SSSR count). The second kappa shape index (κ2) is 5.19. The smallest absolute Gasteiger partial charge is 0.144 e. The number of halogens is 1. The fourth-order valence-corrected chi connectivity index (χ4v) is 1.67. The van der Waals surface area contributed by atoms with E-state index in [1.807, 2.05) is 33.8 Å². The Hall–Kier alpha value is -0.550. The van der Waals surface area contributed by atoms with Crippen LogP contribution in [0.25, 0.3) is 0 Å². The van der Waals surface area contributed by atoms with Crippen molar-refractivity contribution in [2.24, 2.45) is 4.40 Å². The maximum Gasteiger partial charge on any atom is 0.144 e. The normalized spacial score (nSPS) is 14.3. The van der Waals surface area contributed by atoms with Crippen LogP contribution < -0.4 is 0 Å². The Morgan fingerprint density at radius 3 is 2.62 bits per heavy atom. The highest BCUT2D eigenvalue weighted by molar-refractivity contribution is 9.10. The summed E-state index contributed by atoms with van der Waals surface area (Å²) in [5, 5.41) is 0. The van der Waals surface area contributed by atoms with E-state index in [1.165, 1.54) is 0 Å². The van der Waals surface area contributed by atoms with E-state index in [2.05, 4.69) is 25.3 Å². The molecule has 0 N–H and O–H groups in total. The number of rotatable bonds is 2. The number of pyridine rings is 1. The molecule has 16 heavy (non-hydrogen) atoms. The number of aromatic nitrogens is 1. The third kappa shape index (κ3) is 3.79. The van der Waals surface area contributed by atoms with Gasteiger partial charge in [0.05, 0.1) is 4.75 Å². The molecule has 0 saturated carbocycles. The summed E-state index contributed by atoms with van der Waals surface area (Å²) in [7, 11) is -1.22. The second-order valence-corrected chi connectivity index (χ2v) is 7.16. The van der Waals surface area contributed by atoms with Crippen molar-refractivity contribution in [2.45, 2.75) is 32.4 Å². The lowest BCUT2D eigenvalue weighted by molar-refractivity contribution is 0.651. The topological polar surface area (TPSA) is 42.3 Å². The summed E-state index contributed by atoms with van der Waals surface area (Å²) in [6, 6.07) is 1.94. The summed E-state index contributed by atoms with van der Waals surface area (Å²) in [4.78, 5) is 4.15. The van der Waals surface area contributed by atoms with Gasteiger partial charge in [0.1, 0.15) is 15.6 Å². The first-order valence-electron chi connectivity index (χ1n) is 4.89. The quantitative estimate of drug-likeness (QED) is 0.622. The Morgan fingerprint density at radius 1 is 1.50 bits per heavy atom. The molecule has 1 atom stereocenters. The number of hydrogen-bond acceptors (Lipinski definition) is 2. The molecule has 1 aromatic rings. The van der Waals surface area contributed by atoms with Gasteiger partial charge in [-0.05, 0) is 55.3 Å². The minimum Gasteiger partial charge on any atom is -0.248 e. The zero-order chi connectivity index (χ0) is 12.3. The summed E-state index contributed by atoms with van der Waals surface area (Å²) in [5.74, 6) is 0. The SMILES string of the molecule is Cc1cc(/C=N/S(=O)C(C)(C)C)cnc1Br. The second-order valence-electron chi connectivity index (χ2n) is 4.47. The molecule has 88 valence electrons. The minimum atomic E-state index is -1.22. The van der Waals surface area contributed by atoms with E-state index in [0.29, 0.717) is 0 Å². The van der Waals surface area contributed by atoms with Gasteiger partial charge in [-0.3, -0.25) is 0 Å². The van der Waals surface area contributed by atoms with Crippen molar-refractivity contribution >= 4 is 33.1 Å². The van der Waals surface area contributed by atoms with Gasteiger partial charge in [0.25, 0.3) is 0 Å². The van der Waals surface area contributed by atoms with Gasteiger partial charge in [0.15, 0.2) is 0 Å². The lowest BCUT2D eigenvalue weighted by Gasteiger charge is -2.12. The molecule has 1 aromatic heterocycles. The van der Waals surface area contributed by atoms with E-state index in [-0.39, 0.29) is 4.75 Å². The fourth-order valence-electron chi connectivity index (χ4n) is 0.917. The van der Waals surface area contributed by atoms with Gasteiger partial charge in [-0.2, -0.15) is 4.40 Å². The van der Waals surface area contributed by atoms with E-state index in [4.69, 9.17) is 0 Å². The van der Waals surface area contributed by atoms with Crippen molar-refractivity contribution in [3.05, 3.63) is 28.0 Å². The molecule has 0 aliphatic heterocycles. The standard InChI is InChI=1S/C11H15BrN2OS/c1-8-5-9(6-13-10(8)12)7-14-16(15)11(2,3)4/h5-7H,1-4H3/b14-7+. The predicted octanol–water partition coefficient (Wildman–Crippen LogP) is 3.03. The first-order chi connectivity index (χ1) is 7.30. The monoisotopic (exact) mass is 302 g/mol. The molecular weight excluding hydrogens is 288 g/mol. The molecule has 0 radical (unpaired) electrons. The fraction of sp³-hybridized carbons (Fsp3) is 0.455. The van der Waals surface area contributed by atoms with Crippen LogP contribution in [0.2, 0.25) is 0 Å². The van der Waals surface area contributed by atoms with Crippen molar-refractivity contribution in [1.29, 1.82) is 0 Å². The minimum absolute atomic E-state index is 0.325. The number of aryl methyl sites for hydroxylation is 1. The van der Waals surface area contributed by atoms with Crippen LogP contribution in [0, 0.1) is 6.92 Å². The molecule has 0 aliphatic carbocycles. The van der Waals surface area contributed by atoms with Crippen LogP contribution in [-0.2, 0) is 11.0 Å². The Labute approximate surface area is 107 Å². The molecule has 0 aliphatic rings. The Kier molecular flexibility index (Phi) is 4.38. The molecule has 5 heteroatoms. The van der Waals surface area contributed by atoms with E-state index in [1.54, 1.807) is 12.4 Å². The van der Waals surface area contributed by atoms with E-state index in [9.17, 15) is 4.21 Å². The molecule has 0 saturated heterocycles. The van der Waals surface area contributed by atoms with Crippen LogP contribution in [0.15, 0.2) is 21.3 Å². The van der Waals surface area contributed by atoms with Crippen molar-refractivity contribution in [3.8, 4) is 0 Å². The number of nitrogens with zero attached hydrogens (tertiary/aromatic N) is 2. The average molecular weight is 303 g/mol. The molecule has 1 unspecified atom stereocenters. The maximum atomic E-state index is 11.7. The molecule has 0 spiro atoms. The molecule has 0 bridgehead atoms. The summed E-state index contributed by atoms with van der Waals surface area (Å²) in [6.07, 6.45) is 3.30. The van der Waals surface area contributed by atoms with Gasteiger partial charge >= 0.3 is 0 Å². The molecule has 0 aromatic carbocycles. The van der Waals surface area contributed by atoms with E-state index in [0.717, 1.165) is 15.7 Å². The zero-order valence-corrected chi connectivity index (χ0v) is 12.2. The first kappa shape index (κ1) is 13.5. The molecule has 0 amide bonds. The van der Waals surface area contributed by atoms with Crippen LogP contribution in [0.1, 0.15) is 31.9 Å². The van der Waals surface area contributed by atoms with Crippen molar-refractivity contribution in [2.75, 3.05) is 0 Å². The summed E-state index contributed by atoms with van der Waals surface area (Å²) < 4.78 is 16.2. The predicted molar refractivity (Wildman–Crippen MR) is 72.2 cm³/mol. The maximum absolute atomic E-state index is 11.7. The lowest BCUT2D eigenvalue weighted by Crippen LogP contribution is -2.19. The highest BCUT2D eigenvalue weighted by Gasteiger charge is 2.18. The third-order valence-electron chi connectivity index (χ3n) is 1.86. The van der Waals surface area contributed by atoms with Gasteiger partial charge in [-0.25, -0.2) is 9.19 Å². The van der Waals surface area contributed by atoms with Crippen molar-refractivity contribution in [3.63, 3.8) is 0 Å². The highest BCUT2D eigenvalue weighted by Crippen LogP contribution is 2.14. The summed E-state index contributed by atoms with van der Waals surface area (Å²) in [6.45, 7) is 7.64. The van der Waals surface area contributed by atoms with E-state index < -0.39 is 11.0 Å². The van der Waals surface area contributed by atoms with Crippen LogP contribution in [0.4, 0.5) is 0 Å². The largest absolute Gasteiger partial charge is 0.248 e. The van der Waals surface area contributed by atoms with Crippen LogP contribution >= 0.6 is 15.9 Å². The average Bonchev–Trinajstić information content (AvgIpc) is 2.18. The summed E-state index contributed by atoms with van der Waals surface area (Å²) >= 11 is 3.33. The lowest BCUT2D eigenvalue weighted by atomic mass is 10.2. The van der Waals surface area contributed by atoms with Gasteiger partial charge < -0.3 is 0 Å². The van der Waals surface area contributed by atoms with Crippen LogP contribution in [0.5, 0.6) is 0 Å². The van der Waals surface area contributed by atoms with E-state index >= 15 is 0 Å². The molecule has 1 heterocycles. The van der Waals surface area contributed by atoms with Gasteiger partial charge in [0.2, 0.25) is 0 Å². The van der Waals surface area contributed by atoms with Gasteiger partial charge in [-0.15, -0.1) is 0 Å². The summed E-state index contributed by atoms with van der Waals surface area (Å²) in [5.41, 5.74) is 1.89. The Morgan fingerprint density at radius 2 is 2.12 bits per heavy atom. The Bertz CT molecular complexity index is 438. The molecular formula is C11H15BrN2OS. The van der Waals surface area contributed by atoms with Gasteiger partial charge in [-0.1, -0.05) is 0 Å². The Balaban J connectivity index is 2.85. The van der Waals surface area contributed by atoms with Crippen LogP contribution in [-0.4, -0.2) is 20.2 Å². The van der Waals surface area contributed by atoms with Crippen LogP contribution in [0.3, 0.4) is 0 Å². The zero-order valence-electron chi connectivity index (χ0n) is 9.82.